The predicted molar refractivity (Wildman–Crippen MR) is 74.7 cm³/mol. The van der Waals surface area contributed by atoms with Gasteiger partial charge >= 0.3 is 13.6 Å². The lowest BCUT2D eigenvalue weighted by atomic mass is 9.98. The number of carbonyl (C=O) groups excluding carboxylic acids is 1. The molecule has 19 heavy (non-hydrogen) atoms. The van der Waals surface area contributed by atoms with Crippen LogP contribution in [0.3, 0.4) is 0 Å². The minimum absolute atomic E-state index is 0.402. The molecule has 0 aliphatic rings. The maximum Gasteiger partial charge on any atom is 0.356 e. The van der Waals surface area contributed by atoms with Gasteiger partial charge in [-0.15, -0.1) is 0 Å². The van der Waals surface area contributed by atoms with Gasteiger partial charge in [-0.25, -0.2) is 0 Å². The van der Waals surface area contributed by atoms with Crippen molar-refractivity contribution in [3.05, 3.63) is 23.5 Å². The van der Waals surface area contributed by atoms with Gasteiger partial charge in [0.05, 0.1) is 5.41 Å². The summed E-state index contributed by atoms with van der Waals surface area (Å²) in [5.74, 6) is 0.897. The Morgan fingerprint density at radius 3 is 2.26 bits per heavy atom. The molecule has 0 aliphatic carbocycles. The minimum Gasteiger partial charge on any atom is -0.438 e. The monoisotopic (exact) mass is 290 g/mol. The fourth-order valence-corrected chi connectivity index (χ4v) is 1.68. The maximum absolute atomic E-state index is 12.0. The normalized spacial score (nSPS) is 15.1. The van der Waals surface area contributed by atoms with Crippen molar-refractivity contribution in [3.8, 4) is 0 Å². The molecular weight excluding hydrogens is 267 g/mol. The van der Waals surface area contributed by atoms with Gasteiger partial charge in [0.1, 0.15) is 0 Å². The highest BCUT2D eigenvalue weighted by atomic mass is 31.2. The predicted octanol–water partition coefficient (Wildman–Crippen LogP) is 3.87. The van der Waals surface area contributed by atoms with Gasteiger partial charge in [0.2, 0.25) is 6.79 Å². The van der Waals surface area contributed by atoms with E-state index in [1.54, 1.807) is 32.9 Å². The van der Waals surface area contributed by atoms with Gasteiger partial charge in [0, 0.05) is 12.9 Å². The standard InChI is InChI=1S/C13H23O5P/c1-11(2)8-7-9-19(15,16-6)18-10-17-12(14)13(3,4)5/h7-9H,10H2,1-6H3/b9-7+. The Labute approximate surface area is 115 Å². The summed E-state index contributed by atoms with van der Waals surface area (Å²) in [6, 6.07) is 0. The molecule has 5 nitrogen and oxygen atoms in total. The lowest BCUT2D eigenvalue weighted by Crippen LogP contribution is -2.23. The van der Waals surface area contributed by atoms with E-state index in [4.69, 9.17) is 13.8 Å². The van der Waals surface area contributed by atoms with Crippen LogP contribution in [0.2, 0.25) is 0 Å². The Hall–Kier alpha value is -0.900. The summed E-state index contributed by atoms with van der Waals surface area (Å²) in [6.07, 6.45) is 3.36. The second-order valence-electron chi connectivity index (χ2n) is 5.24. The molecule has 0 spiro atoms. The molecule has 0 aromatic carbocycles. The Morgan fingerprint density at radius 1 is 1.26 bits per heavy atom. The van der Waals surface area contributed by atoms with Gasteiger partial charge in [-0.3, -0.25) is 13.9 Å². The molecule has 0 N–H and O–H groups in total. The van der Waals surface area contributed by atoms with E-state index in [-0.39, 0.29) is 0 Å². The molecule has 0 amide bonds. The Morgan fingerprint density at radius 2 is 1.84 bits per heavy atom. The zero-order valence-corrected chi connectivity index (χ0v) is 13.3. The Bertz CT molecular complexity index is 400. The van der Waals surface area contributed by atoms with Crippen molar-refractivity contribution in [1.82, 2.24) is 0 Å². The summed E-state index contributed by atoms with van der Waals surface area (Å²) in [5, 5.41) is 0. The summed E-state index contributed by atoms with van der Waals surface area (Å²) >= 11 is 0. The highest BCUT2D eigenvalue weighted by Gasteiger charge is 2.25. The van der Waals surface area contributed by atoms with Gasteiger partial charge < -0.3 is 9.26 Å². The molecular formula is C13H23O5P. The van der Waals surface area contributed by atoms with Crippen LogP contribution in [-0.2, 0) is 23.1 Å². The van der Waals surface area contributed by atoms with Crippen molar-refractivity contribution in [1.29, 1.82) is 0 Å². The van der Waals surface area contributed by atoms with Crippen molar-refractivity contribution in [3.63, 3.8) is 0 Å². The van der Waals surface area contributed by atoms with Gasteiger partial charge in [-0.05, 0) is 34.6 Å². The van der Waals surface area contributed by atoms with E-state index in [9.17, 15) is 9.36 Å². The molecule has 6 heteroatoms. The summed E-state index contributed by atoms with van der Waals surface area (Å²) < 4.78 is 26.7. The average molecular weight is 290 g/mol. The molecule has 0 aromatic heterocycles. The molecule has 0 aromatic rings. The van der Waals surface area contributed by atoms with Gasteiger partial charge in [0.15, 0.2) is 0 Å². The minimum atomic E-state index is -3.37. The van der Waals surface area contributed by atoms with Crippen LogP contribution in [0.4, 0.5) is 0 Å². The Kier molecular flexibility index (Phi) is 7.27. The molecule has 0 radical (unpaired) electrons. The molecule has 0 aliphatic heterocycles. The zero-order chi connectivity index (χ0) is 15.1. The number of carbonyl (C=O) groups is 1. The number of hydrogen-bond acceptors (Lipinski definition) is 5. The van der Waals surface area contributed by atoms with E-state index in [1.807, 2.05) is 13.8 Å². The van der Waals surface area contributed by atoms with Crippen LogP contribution in [-0.4, -0.2) is 19.9 Å². The van der Waals surface area contributed by atoms with Crippen LogP contribution < -0.4 is 0 Å². The van der Waals surface area contributed by atoms with E-state index in [2.05, 4.69) is 0 Å². The fraction of sp³-hybridized carbons (Fsp3) is 0.615. The molecule has 0 fully saturated rings. The average Bonchev–Trinajstić information content (AvgIpc) is 2.27. The van der Waals surface area contributed by atoms with Crippen molar-refractivity contribution >= 4 is 13.6 Å². The van der Waals surface area contributed by atoms with Crippen LogP contribution in [0.5, 0.6) is 0 Å². The van der Waals surface area contributed by atoms with Crippen molar-refractivity contribution in [2.75, 3.05) is 13.9 Å². The van der Waals surface area contributed by atoms with Crippen LogP contribution in [0.1, 0.15) is 34.6 Å². The second kappa shape index (κ2) is 7.63. The summed E-state index contributed by atoms with van der Waals surface area (Å²) in [6.45, 7) is 8.59. The van der Waals surface area contributed by atoms with Crippen molar-refractivity contribution in [2.24, 2.45) is 5.41 Å². The van der Waals surface area contributed by atoms with Gasteiger partial charge in [0.25, 0.3) is 0 Å². The molecule has 1 atom stereocenters. The summed E-state index contributed by atoms with van der Waals surface area (Å²) in [7, 11) is -2.09. The topological polar surface area (TPSA) is 61.8 Å². The first-order valence-corrected chi connectivity index (χ1v) is 7.52. The maximum atomic E-state index is 12.0. The van der Waals surface area contributed by atoms with Gasteiger partial charge in [-0.2, -0.15) is 0 Å². The molecule has 1 unspecified atom stereocenters. The molecule has 0 saturated heterocycles. The largest absolute Gasteiger partial charge is 0.438 e. The third kappa shape index (κ3) is 7.98. The van der Waals surface area contributed by atoms with Crippen molar-refractivity contribution < 1.29 is 23.1 Å². The van der Waals surface area contributed by atoms with Crippen LogP contribution in [0.25, 0.3) is 0 Å². The first-order chi connectivity index (χ1) is 8.60. The smallest absolute Gasteiger partial charge is 0.356 e. The van der Waals surface area contributed by atoms with Crippen molar-refractivity contribution in [2.45, 2.75) is 34.6 Å². The summed E-state index contributed by atoms with van der Waals surface area (Å²) in [5.41, 5.74) is 0.427. The van der Waals surface area contributed by atoms with E-state index in [1.165, 1.54) is 12.9 Å². The first-order valence-electron chi connectivity index (χ1n) is 5.91. The SMILES string of the molecule is COP(=O)(/C=C/C=C(C)C)OCOC(=O)C(C)(C)C. The highest BCUT2D eigenvalue weighted by molar-refractivity contribution is 7.57. The number of allylic oxidation sites excluding steroid dienone is 3. The number of esters is 1. The Balaban J connectivity index is 4.42. The van der Waals surface area contributed by atoms with E-state index in [0.29, 0.717) is 0 Å². The molecule has 0 bridgehead atoms. The quantitative estimate of drug-likeness (QED) is 0.321. The highest BCUT2D eigenvalue weighted by Crippen LogP contribution is 2.48. The van der Waals surface area contributed by atoms with E-state index < -0.39 is 25.8 Å². The molecule has 0 heterocycles. The van der Waals surface area contributed by atoms with Gasteiger partial charge in [-0.1, -0.05) is 17.7 Å². The van der Waals surface area contributed by atoms with Crippen LogP contribution >= 0.6 is 7.60 Å². The van der Waals surface area contributed by atoms with E-state index in [0.717, 1.165) is 5.57 Å². The fourth-order valence-electron chi connectivity index (χ4n) is 0.867. The number of ether oxygens (including phenoxy) is 1. The number of hydrogen-bond donors (Lipinski definition) is 0. The molecule has 110 valence electrons. The third-order valence-electron chi connectivity index (χ3n) is 1.99. The zero-order valence-electron chi connectivity index (χ0n) is 12.4. The second-order valence-corrected chi connectivity index (χ2v) is 7.24. The third-order valence-corrected chi connectivity index (χ3v) is 3.50. The molecule has 0 rings (SSSR count). The van der Waals surface area contributed by atoms with Crippen LogP contribution in [0.15, 0.2) is 23.5 Å². The summed E-state index contributed by atoms with van der Waals surface area (Å²) in [4.78, 5) is 11.5. The van der Waals surface area contributed by atoms with E-state index >= 15 is 0 Å². The number of rotatable bonds is 6. The van der Waals surface area contributed by atoms with Crippen LogP contribution in [0, 0.1) is 5.41 Å². The lowest BCUT2D eigenvalue weighted by molar-refractivity contribution is -0.159. The first kappa shape index (κ1) is 18.1. The molecule has 0 saturated carbocycles. The lowest BCUT2D eigenvalue weighted by Gasteiger charge is -2.18.